The normalized spacial score (nSPS) is 9.95. The molecule has 5 nitrogen and oxygen atoms in total. The fourth-order valence-electron chi connectivity index (χ4n) is 1.80. The molecule has 0 unspecified atom stereocenters. The zero-order valence-electron chi connectivity index (χ0n) is 12.0. The highest BCUT2D eigenvalue weighted by Gasteiger charge is 2.09. The molecule has 0 aliphatic heterocycles. The van der Waals surface area contributed by atoms with Crippen molar-refractivity contribution in [3.05, 3.63) is 66.0 Å². The first-order valence-corrected chi connectivity index (χ1v) is 6.71. The SMILES string of the molecule is C=CCNC(=O)c1cc(C)nc(NCc2ccccc2)n1. The van der Waals surface area contributed by atoms with Gasteiger partial charge in [-0.3, -0.25) is 4.79 Å². The number of carbonyl (C=O) groups excluding carboxylic acids is 1. The maximum Gasteiger partial charge on any atom is 0.270 e. The van der Waals surface area contributed by atoms with Gasteiger partial charge < -0.3 is 10.6 Å². The van der Waals surface area contributed by atoms with E-state index in [2.05, 4.69) is 27.2 Å². The van der Waals surface area contributed by atoms with Crippen molar-refractivity contribution in [1.82, 2.24) is 15.3 Å². The predicted octanol–water partition coefficient (Wildman–Crippen LogP) is 2.31. The van der Waals surface area contributed by atoms with Gasteiger partial charge in [0.15, 0.2) is 0 Å². The molecule has 1 amide bonds. The number of hydrogen-bond acceptors (Lipinski definition) is 4. The summed E-state index contributed by atoms with van der Waals surface area (Å²) in [6.07, 6.45) is 1.63. The minimum Gasteiger partial charge on any atom is -0.350 e. The second-order valence-electron chi connectivity index (χ2n) is 4.56. The Balaban J connectivity index is 2.08. The second-order valence-corrected chi connectivity index (χ2v) is 4.56. The Morgan fingerprint density at radius 2 is 2.05 bits per heavy atom. The molecule has 0 bridgehead atoms. The van der Waals surface area contributed by atoms with E-state index in [1.165, 1.54) is 0 Å². The molecule has 2 rings (SSSR count). The van der Waals surface area contributed by atoms with Gasteiger partial charge in [0.1, 0.15) is 5.69 Å². The third-order valence-corrected chi connectivity index (χ3v) is 2.79. The summed E-state index contributed by atoms with van der Waals surface area (Å²) >= 11 is 0. The monoisotopic (exact) mass is 282 g/mol. The van der Waals surface area contributed by atoms with Crippen molar-refractivity contribution in [2.45, 2.75) is 13.5 Å². The van der Waals surface area contributed by atoms with Crippen molar-refractivity contribution in [2.24, 2.45) is 0 Å². The highest BCUT2D eigenvalue weighted by Crippen LogP contribution is 2.07. The number of carbonyl (C=O) groups is 1. The molecule has 0 radical (unpaired) electrons. The van der Waals surface area contributed by atoms with Crippen LogP contribution in [0.3, 0.4) is 0 Å². The quantitative estimate of drug-likeness (QED) is 0.798. The van der Waals surface area contributed by atoms with Crippen LogP contribution in [0, 0.1) is 6.92 Å². The molecule has 5 heteroatoms. The molecular formula is C16H18N4O. The Morgan fingerprint density at radius 3 is 2.76 bits per heavy atom. The largest absolute Gasteiger partial charge is 0.350 e. The smallest absolute Gasteiger partial charge is 0.270 e. The van der Waals surface area contributed by atoms with Crippen LogP contribution >= 0.6 is 0 Å². The van der Waals surface area contributed by atoms with E-state index < -0.39 is 0 Å². The molecule has 1 heterocycles. The summed E-state index contributed by atoms with van der Waals surface area (Å²) in [5, 5.41) is 5.83. The molecule has 1 aromatic heterocycles. The minimum absolute atomic E-state index is 0.233. The summed E-state index contributed by atoms with van der Waals surface area (Å²) in [7, 11) is 0. The van der Waals surface area contributed by atoms with Crippen molar-refractivity contribution in [3.63, 3.8) is 0 Å². The van der Waals surface area contributed by atoms with Gasteiger partial charge in [0.2, 0.25) is 5.95 Å². The van der Waals surface area contributed by atoms with Gasteiger partial charge in [0.05, 0.1) is 0 Å². The van der Waals surface area contributed by atoms with Gasteiger partial charge in [0.25, 0.3) is 5.91 Å². The van der Waals surface area contributed by atoms with E-state index in [0.29, 0.717) is 24.7 Å². The zero-order valence-corrected chi connectivity index (χ0v) is 12.0. The lowest BCUT2D eigenvalue weighted by Gasteiger charge is -2.08. The number of hydrogen-bond donors (Lipinski definition) is 2. The standard InChI is InChI=1S/C16H18N4O/c1-3-9-17-15(21)14-10-12(2)19-16(20-14)18-11-13-7-5-4-6-8-13/h3-8,10H,1,9,11H2,2H3,(H,17,21)(H,18,19,20). The Morgan fingerprint density at radius 1 is 1.29 bits per heavy atom. The van der Waals surface area contributed by atoms with Crippen LogP contribution in [0.2, 0.25) is 0 Å². The number of nitrogens with zero attached hydrogens (tertiary/aromatic N) is 2. The molecular weight excluding hydrogens is 264 g/mol. The number of nitrogens with one attached hydrogen (secondary N) is 2. The number of aryl methyl sites for hydroxylation is 1. The van der Waals surface area contributed by atoms with Gasteiger partial charge in [-0.05, 0) is 18.6 Å². The molecule has 2 aromatic rings. The van der Waals surface area contributed by atoms with Crippen LogP contribution in [-0.2, 0) is 6.54 Å². The lowest BCUT2D eigenvalue weighted by molar-refractivity contribution is 0.0953. The Bertz CT molecular complexity index is 625. The van der Waals surface area contributed by atoms with E-state index in [9.17, 15) is 4.79 Å². The van der Waals surface area contributed by atoms with Crippen molar-refractivity contribution >= 4 is 11.9 Å². The van der Waals surface area contributed by atoms with Crippen molar-refractivity contribution in [1.29, 1.82) is 0 Å². The number of amides is 1. The number of aromatic nitrogens is 2. The molecule has 108 valence electrons. The van der Waals surface area contributed by atoms with Gasteiger partial charge in [0, 0.05) is 18.8 Å². The van der Waals surface area contributed by atoms with Crippen LogP contribution in [0.4, 0.5) is 5.95 Å². The predicted molar refractivity (Wildman–Crippen MR) is 83.1 cm³/mol. The van der Waals surface area contributed by atoms with E-state index >= 15 is 0 Å². The van der Waals surface area contributed by atoms with Crippen LogP contribution < -0.4 is 10.6 Å². The first-order chi connectivity index (χ1) is 10.2. The van der Waals surface area contributed by atoms with E-state index in [4.69, 9.17) is 0 Å². The molecule has 21 heavy (non-hydrogen) atoms. The van der Waals surface area contributed by atoms with Crippen LogP contribution in [-0.4, -0.2) is 22.4 Å². The molecule has 0 fully saturated rings. The summed E-state index contributed by atoms with van der Waals surface area (Å²) < 4.78 is 0. The average Bonchev–Trinajstić information content (AvgIpc) is 2.51. The second kappa shape index (κ2) is 7.19. The molecule has 2 N–H and O–H groups in total. The zero-order chi connectivity index (χ0) is 15.1. The molecule has 0 aliphatic rings. The first-order valence-electron chi connectivity index (χ1n) is 6.71. The molecule has 1 aromatic carbocycles. The number of rotatable bonds is 6. The summed E-state index contributed by atoms with van der Waals surface area (Å²) in [4.78, 5) is 20.4. The van der Waals surface area contributed by atoms with Crippen molar-refractivity contribution < 1.29 is 4.79 Å². The van der Waals surface area contributed by atoms with Crippen LogP contribution in [0.5, 0.6) is 0 Å². The molecule has 0 saturated heterocycles. The molecule has 0 spiro atoms. The van der Waals surface area contributed by atoms with E-state index in [1.54, 1.807) is 12.1 Å². The summed E-state index contributed by atoms with van der Waals surface area (Å²) in [5.41, 5.74) is 2.21. The Labute approximate surface area is 124 Å². The highest BCUT2D eigenvalue weighted by atomic mass is 16.1. The molecule has 0 saturated carbocycles. The lowest BCUT2D eigenvalue weighted by Crippen LogP contribution is -2.25. The Kier molecular flexibility index (Phi) is 5.04. The molecule has 0 atom stereocenters. The third-order valence-electron chi connectivity index (χ3n) is 2.79. The van der Waals surface area contributed by atoms with Gasteiger partial charge in [-0.2, -0.15) is 0 Å². The van der Waals surface area contributed by atoms with Gasteiger partial charge in [-0.25, -0.2) is 9.97 Å². The Hall–Kier alpha value is -2.69. The van der Waals surface area contributed by atoms with Crippen LogP contribution in [0.1, 0.15) is 21.7 Å². The van der Waals surface area contributed by atoms with E-state index in [0.717, 1.165) is 11.3 Å². The fraction of sp³-hybridized carbons (Fsp3) is 0.188. The third kappa shape index (κ3) is 4.42. The van der Waals surface area contributed by atoms with Crippen LogP contribution in [0.25, 0.3) is 0 Å². The topological polar surface area (TPSA) is 66.9 Å². The fourth-order valence-corrected chi connectivity index (χ4v) is 1.80. The van der Waals surface area contributed by atoms with Gasteiger partial charge in [-0.15, -0.1) is 6.58 Å². The van der Waals surface area contributed by atoms with E-state index in [1.807, 2.05) is 37.3 Å². The summed E-state index contributed by atoms with van der Waals surface area (Å²) in [5.74, 6) is 0.214. The minimum atomic E-state index is -0.233. The van der Waals surface area contributed by atoms with Crippen molar-refractivity contribution in [2.75, 3.05) is 11.9 Å². The maximum absolute atomic E-state index is 11.9. The number of anilines is 1. The lowest BCUT2D eigenvalue weighted by atomic mass is 10.2. The first kappa shape index (κ1) is 14.7. The summed E-state index contributed by atoms with van der Waals surface area (Å²) in [6.45, 7) is 6.42. The van der Waals surface area contributed by atoms with E-state index in [-0.39, 0.29) is 5.91 Å². The van der Waals surface area contributed by atoms with Gasteiger partial charge in [-0.1, -0.05) is 36.4 Å². The molecule has 0 aliphatic carbocycles. The highest BCUT2D eigenvalue weighted by molar-refractivity contribution is 5.92. The number of benzene rings is 1. The maximum atomic E-state index is 11.9. The average molecular weight is 282 g/mol. The van der Waals surface area contributed by atoms with Crippen molar-refractivity contribution in [3.8, 4) is 0 Å². The van der Waals surface area contributed by atoms with Gasteiger partial charge >= 0.3 is 0 Å². The van der Waals surface area contributed by atoms with Crippen LogP contribution in [0.15, 0.2) is 49.1 Å². The summed E-state index contributed by atoms with van der Waals surface area (Å²) in [6, 6.07) is 11.6.